The lowest BCUT2D eigenvalue weighted by Crippen LogP contribution is -2.52. The van der Waals surface area contributed by atoms with E-state index in [0.29, 0.717) is 6.42 Å². The Hall–Kier alpha value is -1.63. The number of methoxy groups -OCH3 is 1. The Morgan fingerprint density at radius 1 is 1.44 bits per heavy atom. The van der Waals surface area contributed by atoms with E-state index in [1.165, 1.54) is 7.11 Å². The minimum atomic E-state index is -1.25. The van der Waals surface area contributed by atoms with Crippen LogP contribution in [0.5, 0.6) is 0 Å². The molecule has 1 fully saturated rings. The van der Waals surface area contributed by atoms with Crippen LogP contribution in [0.3, 0.4) is 0 Å². The first kappa shape index (κ1) is 14.4. The van der Waals surface area contributed by atoms with Crippen molar-refractivity contribution in [1.82, 2.24) is 10.6 Å². The van der Waals surface area contributed by atoms with E-state index in [1.54, 1.807) is 0 Å². The number of carbonyl (C=O) groups is 3. The Morgan fingerprint density at radius 2 is 2.17 bits per heavy atom. The zero-order chi connectivity index (χ0) is 13.5. The molecule has 0 bridgehead atoms. The van der Waals surface area contributed by atoms with Crippen LogP contribution in [-0.2, 0) is 19.1 Å². The third-order valence-electron chi connectivity index (χ3n) is 2.84. The van der Waals surface area contributed by atoms with Crippen LogP contribution in [0.4, 0.5) is 0 Å². The number of amides is 1. The molecule has 1 amide bonds. The molecule has 102 valence electrons. The van der Waals surface area contributed by atoms with Crippen LogP contribution in [0.25, 0.3) is 0 Å². The molecule has 1 aliphatic heterocycles. The van der Waals surface area contributed by atoms with Crippen LogP contribution in [0, 0.1) is 0 Å². The second kappa shape index (κ2) is 6.95. The monoisotopic (exact) mass is 258 g/mol. The van der Waals surface area contributed by atoms with Gasteiger partial charge in [0.05, 0.1) is 19.6 Å². The van der Waals surface area contributed by atoms with Crippen molar-refractivity contribution in [1.29, 1.82) is 0 Å². The van der Waals surface area contributed by atoms with Gasteiger partial charge in [-0.15, -0.1) is 0 Å². The van der Waals surface area contributed by atoms with Crippen LogP contribution in [0.2, 0.25) is 0 Å². The van der Waals surface area contributed by atoms with Gasteiger partial charge in [0.2, 0.25) is 5.91 Å². The maximum atomic E-state index is 11.8. The number of hydrogen-bond acceptors (Lipinski definition) is 5. The molecular formula is C11H18N2O5. The molecule has 0 aromatic carbocycles. The predicted molar refractivity (Wildman–Crippen MR) is 61.8 cm³/mol. The summed E-state index contributed by atoms with van der Waals surface area (Å²) in [6, 6.07) is -1.62. The molecule has 1 heterocycles. The molecule has 1 saturated heterocycles. The molecule has 0 radical (unpaired) electrons. The number of carboxylic acids is 1. The fourth-order valence-corrected chi connectivity index (χ4v) is 1.80. The van der Waals surface area contributed by atoms with Crippen molar-refractivity contribution in [2.45, 2.75) is 37.8 Å². The molecule has 0 aromatic rings. The minimum absolute atomic E-state index is 0.371. The Morgan fingerprint density at radius 3 is 2.67 bits per heavy atom. The summed E-state index contributed by atoms with van der Waals surface area (Å²) in [5, 5.41) is 14.3. The first-order valence-electron chi connectivity index (χ1n) is 5.88. The van der Waals surface area contributed by atoms with Gasteiger partial charge in [0.15, 0.2) is 0 Å². The van der Waals surface area contributed by atoms with Gasteiger partial charge in [-0.25, -0.2) is 4.79 Å². The van der Waals surface area contributed by atoms with Gasteiger partial charge in [-0.05, 0) is 19.4 Å². The lowest BCUT2D eigenvalue weighted by Gasteiger charge is -2.24. The first-order chi connectivity index (χ1) is 8.54. The van der Waals surface area contributed by atoms with Crippen LogP contribution in [-0.4, -0.2) is 48.7 Å². The zero-order valence-corrected chi connectivity index (χ0v) is 10.3. The number of carboxylic acid groups (broad SMARTS) is 1. The Balaban J connectivity index is 2.51. The summed E-state index contributed by atoms with van der Waals surface area (Å²) in [5.41, 5.74) is 0. The largest absolute Gasteiger partial charge is 0.480 e. The number of rotatable bonds is 5. The predicted octanol–water partition coefficient (Wildman–Crippen LogP) is -0.739. The maximum absolute atomic E-state index is 11.8. The molecule has 7 nitrogen and oxygen atoms in total. The standard InChI is InChI=1S/C11H18N2O5/c1-18-9(14)6-8(11(16)17)13-10(15)7-4-2-3-5-12-7/h7-8,12H,2-6H2,1H3,(H,13,15)(H,16,17)/t7?,8-/m0/s1. The summed E-state index contributed by atoms with van der Waals surface area (Å²) in [6.07, 6.45) is 2.24. The zero-order valence-electron chi connectivity index (χ0n) is 10.3. The smallest absolute Gasteiger partial charge is 0.326 e. The van der Waals surface area contributed by atoms with Gasteiger partial charge in [-0.1, -0.05) is 6.42 Å². The number of aliphatic carboxylic acids is 1. The van der Waals surface area contributed by atoms with Gasteiger partial charge in [0.1, 0.15) is 6.04 Å². The molecule has 1 rings (SSSR count). The van der Waals surface area contributed by atoms with Gasteiger partial charge >= 0.3 is 11.9 Å². The average Bonchev–Trinajstić information content (AvgIpc) is 2.38. The highest BCUT2D eigenvalue weighted by Gasteiger charge is 2.28. The van der Waals surface area contributed by atoms with Crippen molar-refractivity contribution in [2.24, 2.45) is 0 Å². The normalized spacial score (nSPS) is 20.8. The van der Waals surface area contributed by atoms with Crippen LogP contribution in [0.15, 0.2) is 0 Å². The van der Waals surface area contributed by atoms with Crippen LogP contribution in [0.1, 0.15) is 25.7 Å². The summed E-state index contributed by atoms with van der Waals surface area (Å²) < 4.78 is 4.39. The van der Waals surface area contributed by atoms with Crippen molar-refractivity contribution in [3.63, 3.8) is 0 Å². The summed E-state index contributed by atoms with van der Waals surface area (Å²) in [6.45, 7) is 0.743. The average molecular weight is 258 g/mol. The summed E-state index contributed by atoms with van der Waals surface area (Å²) >= 11 is 0. The first-order valence-corrected chi connectivity index (χ1v) is 5.88. The number of piperidine rings is 1. The Kier molecular flexibility index (Phi) is 5.57. The fraction of sp³-hybridized carbons (Fsp3) is 0.727. The van der Waals surface area contributed by atoms with Gasteiger partial charge in [0, 0.05) is 0 Å². The molecular weight excluding hydrogens is 240 g/mol. The van der Waals surface area contributed by atoms with Crippen molar-refractivity contribution < 1.29 is 24.2 Å². The molecule has 7 heteroatoms. The lowest BCUT2D eigenvalue weighted by molar-refractivity contribution is -0.149. The topological polar surface area (TPSA) is 105 Å². The maximum Gasteiger partial charge on any atom is 0.326 e. The molecule has 0 aliphatic carbocycles. The van der Waals surface area contributed by atoms with Gasteiger partial charge in [-0.2, -0.15) is 0 Å². The molecule has 0 aromatic heterocycles. The third kappa shape index (κ3) is 4.33. The van der Waals surface area contributed by atoms with E-state index in [4.69, 9.17) is 5.11 Å². The molecule has 0 spiro atoms. The Labute approximate surface area is 105 Å². The summed E-state index contributed by atoms with van der Waals surface area (Å²) in [7, 11) is 1.17. The SMILES string of the molecule is COC(=O)C[C@H](NC(=O)C1CCCCN1)C(=O)O. The van der Waals surface area contributed by atoms with Crippen molar-refractivity contribution in [3.05, 3.63) is 0 Å². The van der Waals surface area contributed by atoms with Crippen molar-refractivity contribution in [3.8, 4) is 0 Å². The third-order valence-corrected chi connectivity index (χ3v) is 2.84. The Bertz CT molecular complexity index is 325. The van der Waals surface area contributed by atoms with E-state index in [9.17, 15) is 14.4 Å². The van der Waals surface area contributed by atoms with Gasteiger partial charge in [0.25, 0.3) is 0 Å². The molecule has 1 unspecified atom stereocenters. The van der Waals surface area contributed by atoms with Crippen molar-refractivity contribution in [2.75, 3.05) is 13.7 Å². The van der Waals surface area contributed by atoms with Gasteiger partial charge < -0.3 is 20.5 Å². The van der Waals surface area contributed by atoms with Crippen molar-refractivity contribution >= 4 is 17.8 Å². The highest BCUT2D eigenvalue weighted by molar-refractivity contribution is 5.89. The minimum Gasteiger partial charge on any atom is -0.480 e. The number of hydrogen-bond donors (Lipinski definition) is 3. The fourth-order valence-electron chi connectivity index (χ4n) is 1.80. The molecule has 0 saturated carbocycles. The van der Waals surface area contributed by atoms with E-state index in [2.05, 4.69) is 15.4 Å². The van der Waals surface area contributed by atoms with E-state index < -0.39 is 18.0 Å². The lowest BCUT2D eigenvalue weighted by atomic mass is 10.0. The summed E-state index contributed by atoms with van der Waals surface area (Å²) in [4.78, 5) is 33.8. The number of carbonyl (C=O) groups excluding carboxylic acids is 2. The van der Waals surface area contributed by atoms with E-state index >= 15 is 0 Å². The van der Waals surface area contributed by atoms with E-state index in [1.807, 2.05) is 0 Å². The quantitative estimate of drug-likeness (QED) is 0.561. The molecule has 2 atom stereocenters. The second-order valence-electron chi connectivity index (χ2n) is 4.18. The second-order valence-corrected chi connectivity index (χ2v) is 4.18. The van der Waals surface area contributed by atoms with E-state index in [0.717, 1.165) is 19.4 Å². The van der Waals surface area contributed by atoms with E-state index in [-0.39, 0.29) is 18.4 Å². The number of nitrogens with one attached hydrogen (secondary N) is 2. The van der Waals surface area contributed by atoms with Gasteiger partial charge in [-0.3, -0.25) is 9.59 Å². The highest BCUT2D eigenvalue weighted by atomic mass is 16.5. The molecule has 18 heavy (non-hydrogen) atoms. The van der Waals surface area contributed by atoms with Crippen LogP contribution < -0.4 is 10.6 Å². The molecule has 3 N–H and O–H groups in total. The number of ether oxygens (including phenoxy) is 1. The van der Waals surface area contributed by atoms with Crippen LogP contribution >= 0.6 is 0 Å². The molecule has 1 aliphatic rings. The highest BCUT2D eigenvalue weighted by Crippen LogP contribution is 2.07. The summed E-state index contributed by atoms with van der Waals surface area (Å²) in [5.74, 6) is -2.30. The number of esters is 1.